The zero-order valence-corrected chi connectivity index (χ0v) is 19.6. The van der Waals surface area contributed by atoms with Crippen molar-refractivity contribution in [2.24, 2.45) is 11.1 Å². The maximum atomic E-state index is 11.5. The summed E-state index contributed by atoms with van der Waals surface area (Å²) in [5, 5.41) is 7.59. The highest BCUT2D eigenvalue weighted by atomic mass is 16.5. The first kappa shape index (κ1) is 29.8. The molecule has 4 amide bonds. The average Bonchev–Trinajstić information content (AvgIpc) is 2.79. The maximum Gasteiger partial charge on any atom is 0.245 e. The van der Waals surface area contributed by atoms with E-state index in [0.29, 0.717) is 39.1 Å². The van der Waals surface area contributed by atoms with Gasteiger partial charge in [0.25, 0.3) is 0 Å². The normalized spacial score (nSPS) is 11.1. The Bertz CT molecular complexity index is 513. The third kappa shape index (κ3) is 15.5. The molecule has 32 heavy (non-hydrogen) atoms. The Balaban J connectivity index is 5.04. The van der Waals surface area contributed by atoms with Gasteiger partial charge in [0.15, 0.2) is 0 Å². The van der Waals surface area contributed by atoms with Crippen LogP contribution in [0.4, 0.5) is 0 Å². The molecule has 0 saturated carbocycles. The van der Waals surface area contributed by atoms with Crippen LogP contribution in [0.2, 0.25) is 0 Å². The molecular weight excluding hydrogens is 420 g/mol. The molecule has 11 heteroatoms. The minimum absolute atomic E-state index is 0.0523. The molecule has 0 atom stereocenters. The Morgan fingerprint density at radius 3 is 1.69 bits per heavy atom. The van der Waals surface area contributed by atoms with Crippen molar-refractivity contribution in [2.75, 3.05) is 60.8 Å². The van der Waals surface area contributed by atoms with Crippen LogP contribution in [0, 0.1) is 5.41 Å². The van der Waals surface area contributed by atoms with Crippen LogP contribution in [-0.4, -0.2) is 84.4 Å². The van der Waals surface area contributed by atoms with E-state index in [1.807, 2.05) is 0 Å². The molecule has 0 aliphatic carbocycles. The van der Waals surface area contributed by atoms with E-state index in [-0.39, 0.29) is 62.7 Å². The van der Waals surface area contributed by atoms with Gasteiger partial charge in [-0.05, 0) is 19.3 Å². The van der Waals surface area contributed by atoms with E-state index in [1.165, 1.54) is 7.05 Å². The van der Waals surface area contributed by atoms with Crippen molar-refractivity contribution < 1.29 is 33.4 Å². The molecule has 0 fully saturated rings. The predicted octanol–water partition coefficient (Wildman–Crippen LogP) is -0.523. The summed E-state index contributed by atoms with van der Waals surface area (Å²) in [6.07, 6.45) is 3.32. The second-order valence-electron chi connectivity index (χ2n) is 7.60. The van der Waals surface area contributed by atoms with Gasteiger partial charge in [-0.15, -0.1) is 0 Å². The van der Waals surface area contributed by atoms with Crippen LogP contribution in [-0.2, 0) is 33.4 Å². The monoisotopic (exact) mass is 460 g/mol. The van der Waals surface area contributed by atoms with Crippen molar-refractivity contribution in [3.63, 3.8) is 0 Å². The van der Waals surface area contributed by atoms with Crippen molar-refractivity contribution in [2.45, 2.75) is 44.9 Å². The van der Waals surface area contributed by atoms with Crippen molar-refractivity contribution in [1.82, 2.24) is 16.0 Å². The first-order chi connectivity index (χ1) is 15.3. The molecule has 11 nitrogen and oxygen atoms in total. The molecule has 0 radical (unpaired) electrons. The molecule has 0 saturated heterocycles. The Labute approximate surface area is 190 Å². The SMILES string of the molecule is CNC(=O)CCOCC(CCCCC(N)=O)(CCOCC(=O)NC)COCCC(=O)NC. The number of carbonyl (C=O) groups is 4. The lowest BCUT2D eigenvalue weighted by molar-refractivity contribution is -0.126. The van der Waals surface area contributed by atoms with Gasteiger partial charge in [-0.25, -0.2) is 0 Å². The van der Waals surface area contributed by atoms with Crippen LogP contribution in [0.15, 0.2) is 0 Å². The molecule has 186 valence electrons. The molecule has 0 bridgehead atoms. The zero-order chi connectivity index (χ0) is 24.2. The van der Waals surface area contributed by atoms with Crippen LogP contribution in [0.5, 0.6) is 0 Å². The van der Waals surface area contributed by atoms with E-state index in [2.05, 4.69) is 16.0 Å². The fourth-order valence-electron chi connectivity index (χ4n) is 2.94. The molecule has 0 rings (SSSR count). The maximum absolute atomic E-state index is 11.5. The number of hydrogen-bond donors (Lipinski definition) is 4. The predicted molar refractivity (Wildman–Crippen MR) is 119 cm³/mol. The van der Waals surface area contributed by atoms with Crippen molar-refractivity contribution >= 4 is 23.6 Å². The highest BCUT2D eigenvalue weighted by Gasteiger charge is 2.31. The number of hydrogen-bond acceptors (Lipinski definition) is 7. The highest BCUT2D eigenvalue weighted by Crippen LogP contribution is 2.31. The van der Waals surface area contributed by atoms with Gasteiger partial charge in [-0.3, -0.25) is 19.2 Å². The molecule has 0 aliphatic heterocycles. The minimum Gasteiger partial charge on any atom is -0.380 e. The summed E-state index contributed by atoms with van der Waals surface area (Å²) in [5.41, 5.74) is 4.77. The lowest BCUT2D eigenvalue weighted by atomic mass is 9.81. The van der Waals surface area contributed by atoms with Crippen LogP contribution < -0.4 is 21.7 Å². The van der Waals surface area contributed by atoms with E-state index in [9.17, 15) is 19.2 Å². The Morgan fingerprint density at radius 2 is 1.22 bits per heavy atom. The Morgan fingerprint density at radius 1 is 0.688 bits per heavy atom. The number of rotatable bonds is 20. The molecule has 0 aromatic carbocycles. The lowest BCUT2D eigenvalue weighted by Crippen LogP contribution is -2.36. The molecule has 0 aliphatic rings. The number of unbranched alkanes of at least 4 members (excludes halogenated alkanes) is 1. The number of amides is 4. The van der Waals surface area contributed by atoms with Gasteiger partial charge in [0.05, 0.1) is 26.4 Å². The summed E-state index contributed by atoms with van der Waals surface area (Å²) in [6, 6.07) is 0. The molecule has 0 heterocycles. The van der Waals surface area contributed by atoms with Gasteiger partial charge < -0.3 is 35.9 Å². The molecule has 5 N–H and O–H groups in total. The number of carbonyl (C=O) groups excluding carboxylic acids is 4. The number of likely N-dealkylation sites (N-methyl/N-ethyl adjacent to an activating group) is 1. The Kier molecular flexibility index (Phi) is 17.1. The molecule has 0 aromatic rings. The summed E-state index contributed by atoms with van der Waals surface area (Å²) in [4.78, 5) is 45.4. The summed E-state index contributed by atoms with van der Waals surface area (Å²) >= 11 is 0. The van der Waals surface area contributed by atoms with Crippen LogP contribution >= 0.6 is 0 Å². The Hall–Kier alpha value is -2.24. The number of nitrogens with one attached hydrogen (secondary N) is 3. The zero-order valence-electron chi connectivity index (χ0n) is 19.6. The van der Waals surface area contributed by atoms with E-state index in [1.54, 1.807) is 14.1 Å². The van der Waals surface area contributed by atoms with Crippen LogP contribution in [0.25, 0.3) is 0 Å². The second kappa shape index (κ2) is 18.3. The van der Waals surface area contributed by atoms with E-state index in [4.69, 9.17) is 19.9 Å². The standard InChI is InChI=1S/C21H40N4O7/c1-23-18(27)7-11-31-15-21(9-5-4-6-17(22)26,10-13-30-14-20(29)25-3)16-32-12-8-19(28)24-2/h4-16H2,1-3H3,(H2,22,26)(H,23,27)(H,24,28)(H,25,29). The van der Waals surface area contributed by atoms with Gasteiger partial charge in [-0.1, -0.05) is 6.42 Å². The summed E-state index contributed by atoms with van der Waals surface area (Å²) in [6.45, 7) is 1.37. The molecule has 0 aromatic heterocycles. The van der Waals surface area contributed by atoms with Crippen molar-refractivity contribution in [3.05, 3.63) is 0 Å². The number of nitrogens with two attached hydrogens (primary N) is 1. The van der Waals surface area contributed by atoms with E-state index in [0.717, 1.165) is 6.42 Å². The number of primary amides is 1. The summed E-state index contributed by atoms with van der Waals surface area (Å²) in [7, 11) is 4.67. The third-order valence-electron chi connectivity index (χ3n) is 4.99. The highest BCUT2D eigenvalue weighted by molar-refractivity contribution is 5.77. The van der Waals surface area contributed by atoms with Gasteiger partial charge in [-0.2, -0.15) is 0 Å². The van der Waals surface area contributed by atoms with Crippen molar-refractivity contribution in [1.29, 1.82) is 0 Å². The largest absolute Gasteiger partial charge is 0.380 e. The van der Waals surface area contributed by atoms with Gasteiger partial charge >= 0.3 is 0 Å². The first-order valence-corrected chi connectivity index (χ1v) is 10.9. The van der Waals surface area contributed by atoms with E-state index < -0.39 is 5.41 Å². The van der Waals surface area contributed by atoms with Gasteiger partial charge in [0.2, 0.25) is 23.6 Å². The first-order valence-electron chi connectivity index (χ1n) is 10.9. The smallest absolute Gasteiger partial charge is 0.245 e. The molecular formula is C21H40N4O7. The quantitative estimate of drug-likeness (QED) is 0.178. The molecule has 0 spiro atoms. The second-order valence-corrected chi connectivity index (χ2v) is 7.60. The van der Waals surface area contributed by atoms with Gasteiger partial charge in [0, 0.05) is 52.4 Å². The fourth-order valence-corrected chi connectivity index (χ4v) is 2.94. The average molecular weight is 461 g/mol. The van der Waals surface area contributed by atoms with Gasteiger partial charge in [0.1, 0.15) is 6.61 Å². The third-order valence-corrected chi connectivity index (χ3v) is 4.99. The molecule has 0 unspecified atom stereocenters. The minimum atomic E-state index is -0.467. The van der Waals surface area contributed by atoms with Crippen LogP contribution in [0.3, 0.4) is 0 Å². The lowest BCUT2D eigenvalue weighted by Gasteiger charge is -2.33. The number of ether oxygens (including phenoxy) is 3. The van der Waals surface area contributed by atoms with Crippen LogP contribution in [0.1, 0.15) is 44.9 Å². The summed E-state index contributed by atoms with van der Waals surface area (Å²) in [5.74, 6) is -0.811. The summed E-state index contributed by atoms with van der Waals surface area (Å²) < 4.78 is 17.1. The van der Waals surface area contributed by atoms with E-state index >= 15 is 0 Å². The van der Waals surface area contributed by atoms with Crippen molar-refractivity contribution in [3.8, 4) is 0 Å². The fraction of sp³-hybridized carbons (Fsp3) is 0.810. The topological polar surface area (TPSA) is 158 Å².